The molecule has 0 unspecified atom stereocenters. The van der Waals surface area contributed by atoms with E-state index < -0.39 is 17.5 Å². The van der Waals surface area contributed by atoms with E-state index in [0.717, 1.165) is 12.1 Å². The van der Waals surface area contributed by atoms with E-state index >= 15 is 0 Å². The summed E-state index contributed by atoms with van der Waals surface area (Å²) in [7, 11) is 1.59. The number of halogens is 2. The lowest BCUT2D eigenvalue weighted by Crippen LogP contribution is -2.37. The Labute approximate surface area is 183 Å². The molecule has 1 aromatic carbocycles. The smallest absolute Gasteiger partial charge is 0.248 e. The van der Waals surface area contributed by atoms with Gasteiger partial charge < -0.3 is 20.4 Å². The Bertz CT molecular complexity index is 1230. The largest absolute Gasteiger partial charge is 0.489 e. The van der Waals surface area contributed by atoms with Gasteiger partial charge >= 0.3 is 0 Å². The van der Waals surface area contributed by atoms with E-state index in [4.69, 9.17) is 10.5 Å². The molecule has 3 aromatic rings. The van der Waals surface area contributed by atoms with Crippen molar-refractivity contribution in [1.29, 1.82) is 0 Å². The van der Waals surface area contributed by atoms with Gasteiger partial charge in [-0.1, -0.05) is 0 Å². The van der Waals surface area contributed by atoms with Gasteiger partial charge in [-0.3, -0.25) is 9.59 Å². The average Bonchev–Trinajstić information content (AvgIpc) is 2.75. The van der Waals surface area contributed by atoms with Crippen molar-refractivity contribution in [2.75, 3.05) is 11.9 Å². The van der Waals surface area contributed by atoms with Crippen molar-refractivity contribution in [3.63, 3.8) is 0 Å². The summed E-state index contributed by atoms with van der Waals surface area (Å²) < 4.78 is 34.1. The highest BCUT2D eigenvalue weighted by Gasteiger charge is 2.15. The predicted octanol–water partition coefficient (Wildman–Crippen LogP) is 0.316. The minimum atomic E-state index is -0.723. The van der Waals surface area contributed by atoms with Gasteiger partial charge in [-0.2, -0.15) is 0 Å². The number of hydrogen-bond acceptors (Lipinski definition) is 6. The van der Waals surface area contributed by atoms with Gasteiger partial charge in [0.2, 0.25) is 11.5 Å². The fraction of sp³-hybridized carbons (Fsp3) is 0.238. The first-order valence-electron chi connectivity index (χ1n) is 9.79. The lowest BCUT2D eigenvalue weighted by molar-refractivity contribution is -0.114. The van der Waals surface area contributed by atoms with Gasteiger partial charge in [0.1, 0.15) is 35.6 Å². The Balaban J connectivity index is 1.88. The number of nitrogens with zero attached hydrogens (tertiary/aromatic N) is 3. The van der Waals surface area contributed by atoms with Crippen LogP contribution < -0.4 is 26.8 Å². The summed E-state index contributed by atoms with van der Waals surface area (Å²) in [5.41, 5.74) is 6.64. The molecule has 0 fully saturated rings. The molecule has 11 heteroatoms. The molecule has 2 heterocycles. The zero-order chi connectivity index (χ0) is 23.4. The second-order valence-electron chi connectivity index (χ2n) is 7.23. The fourth-order valence-electron chi connectivity index (χ4n) is 3.06. The molecule has 2 aromatic heterocycles. The van der Waals surface area contributed by atoms with Crippen molar-refractivity contribution >= 4 is 25.0 Å². The van der Waals surface area contributed by atoms with E-state index in [1.54, 1.807) is 27.8 Å². The number of hydrogen-bond donors (Lipinski definition) is 2. The van der Waals surface area contributed by atoms with E-state index in [1.807, 2.05) is 0 Å². The van der Waals surface area contributed by atoms with Crippen LogP contribution in [0.15, 0.2) is 35.3 Å². The van der Waals surface area contributed by atoms with Gasteiger partial charge in [0.25, 0.3) is 0 Å². The maximum Gasteiger partial charge on any atom is 0.248 e. The van der Waals surface area contributed by atoms with Crippen LogP contribution in [0.4, 0.5) is 14.6 Å². The number of benzene rings is 1. The highest BCUT2D eigenvalue weighted by molar-refractivity contribution is 6.33. The molecule has 3 N–H and O–H groups in total. The molecule has 0 aliphatic rings. The molecule has 0 atom stereocenters. The average molecular weight is 441 g/mol. The van der Waals surface area contributed by atoms with E-state index in [9.17, 15) is 18.4 Å². The van der Waals surface area contributed by atoms with E-state index in [0.29, 0.717) is 28.3 Å². The molecule has 0 aliphatic heterocycles. The zero-order valence-electron chi connectivity index (χ0n) is 17.9. The number of rotatable bonds is 7. The first-order chi connectivity index (χ1) is 15.2. The Kier molecular flexibility index (Phi) is 6.99. The Hall–Kier alpha value is -3.60. The topological polar surface area (TPSA) is 112 Å². The van der Waals surface area contributed by atoms with Crippen LogP contribution in [0.3, 0.4) is 0 Å². The minimum Gasteiger partial charge on any atom is -0.489 e. The third-order valence-electron chi connectivity index (χ3n) is 4.86. The van der Waals surface area contributed by atoms with Crippen molar-refractivity contribution in [3.05, 3.63) is 75.1 Å². The highest BCUT2D eigenvalue weighted by Crippen LogP contribution is 2.17. The summed E-state index contributed by atoms with van der Waals surface area (Å²) in [4.78, 5) is 33.1. The van der Waals surface area contributed by atoms with E-state index in [-0.39, 0.29) is 36.6 Å². The molecule has 32 heavy (non-hydrogen) atoms. The standard InChI is InChI=1S/C21H22BF2N5O3/c1-11-5-17(32-10-13-3-4-15(23)6-16(13)24)19(22)21(31)29(11)9-14-8-26-12(2)27-20(14)28-18(30)7-25/h3-6,8H,7,9-10,22,25H2,1-2H3,(H,26,27,28,30). The maximum atomic E-state index is 13.9. The molecule has 8 nitrogen and oxygen atoms in total. The first-order valence-corrected chi connectivity index (χ1v) is 9.79. The summed E-state index contributed by atoms with van der Waals surface area (Å²) in [5, 5.41) is 2.62. The highest BCUT2D eigenvalue weighted by atomic mass is 19.1. The van der Waals surface area contributed by atoms with Crippen LogP contribution in [0.2, 0.25) is 0 Å². The third-order valence-corrected chi connectivity index (χ3v) is 4.86. The van der Waals surface area contributed by atoms with Crippen molar-refractivity contribution in [1.82, 2.24) is 14.5 Å². The van der Waals surface area contributed by atoms with Crippen molar-refractivity contribution in [3.8, 4) is 5.75 Å². The van der Waals surface area contributed by atoms with Crippen LogP contribution in [0.5, 0.6) is 5.75 Å². The van der Waals surface area contributed by atoms with E-state index in [2.05, 4.69) is 15.3 Å². The van der Waals surface area contributed by atoms with Crippen LogP contribution in [0, 0.1) is 25.5 Å². The van der Waals surface area contributed by atoms with Gasteiger partial charge in [0.15, 0.2) is 7.85 Å². The Morgan fingerprint density at radius 3 is 2.69 bits per heavy atom. The molecule has 0 saturated carbocycles. The number of carbonyl (C=O) groups is 1. The summed E-state index contributed by atoms with van der Waals surface area (Å²) in [6.45, 7) is 3.15. The summed E-state index contributed by atoms with van der Waals surface area (Å²) in [6, 6.07) is 4.87. The monoisotopic (exact) mass is 441 g/mol. The molecular weight excluding hydrogens is 419 g/mol. The molecule has 0 radical (unpaired) electrons. The first kappa shape index (κ1) is 23.1. The predicted molar refractivity (Wildman–Crippen MR) is 118 cm³/mol. The maximum absolute atomic E-state index is 13.9. The van der Waals surface area contributed by atoms with Crippen molar-refractivity contribution in [2.24, 2.45) is 5.73 Å². The molecule has 3 rings (SSSR count). The summed E-state index contributed by atoms with van der Waals surface area (Å²) in [6.07, 6.45) is 1.54. The second kappa shape index (κ2) is 9.69. The number of ether oxygens (including phenoxy) is 1. The lowest BCUT2D eigenvalue weighted by atomic mass is 9.96. The van der Waals surface area contributed by atoms with Crippen LogP contribution in [-0.2, 0) is 17.9 Å². The number of aromatic nitrogens is 3. The zero-order valence-corrected chi connectivity index (χ0v) is 17.9. The van der Waals surface area contributed by atoms with Gasteiger partial charge in [-0.25, -0.2) is 18.7 Å². The quantitative estimate of drug-likeness (QED) is 0.511. The molecule has 0 aliphatic carbocycles. The van der Waals surface area contributed by atoms with Gasteiger partial charge in [0.05, 0.1) is 13.1 Å². The molecular formula is C21H22BF2N5O3. The number of aryl methyl sites for hydroxylation is 2. The Morgan fingerprint density at radius 1 is 1.25 bits per heavy atom. The molecule has 0 bridgehead atoms. The van der Waals surface area contributed by atoms with Crippen molar-refractivity contribution < 1.29 is 18.3 Å². The van der Waals surface area contributed by atoms with Crippen LogP contribution in [0.25, 0.3) is 0 Å². The minimum absolute atomic E-state index is 0.110. The van der Waals surface area contributed by atoms with Gasteiger partial charge in [0, 0.05) is 34.5 Å². The summed E-state index contributed by atoms with van der Waals surface area (Å²) >= 11 is 0. The number of amides is 1. The number of nitrogens with one attached hydrogen (secondary N) is 1. The number of pyridine rings is 1. The molecule has 0 spiro atoms. The van der Waals surface area contributed by atoms with Crippen molar-refractivity contribution in [2.45, 2.75) is 27.0 Å². The molecule has 1 amide bonds. The molecule has 166 valence electrons. The summed E-state index contributed by atoms with van der Waals surface area (Å²) in [5.74, 6) is -0.783. The molecule has 0 saturated heterocycles. The lowest BCUT2D eigenvalue weighted by Gasteiger charge is -2.17. The second-order valence-corrected chi connectivity index (χ2v) is 7.23. The van der Waals surface area contributed by atoms with Crippen LogP contribution >= 0.6 is 0 Å². The number of nitrogens with two attached hydrogens (primary N) is 1. The fourth-order valence-corrected chi connectivity index (χ4v) is 3.06. The SMILES string of the molecule is Bc1c(OCc2ccc(F)cc2F)cc(C)n(Cc2cnc(C)nc2NC(=O)CN)c1=O. The normalized spacial score (nSPS) is 10.8. The number of anilines is 1. The van der Waals surface area contributed by atoms with Gasteiger partial charge in [-0.15, -0.1) is 0 Å². The van der Waals surface area contributed by atoms with Crippen LogP contribution in [-0.4, -0.2) is 34.8 Å². The van der Waals surface area contributed by atoms with Gasteiger partial charge in [-0.05, 0) is 32.0 Å². The number of carbonyl (C=O) groups excluding carboxylic acids is 1. The van der Waals surface area contributed by atoms with Crippen LogP contribution in [0.1, 0.15) is 22.6 Å². The van der Waals surface area contributed by atoms with E-state index in [1.165, 1.54) is 16.8 Å². The Morgan fingerprint density at radius 2 is 2.00 bits per heavy atom. The third kappa shape index (κ3) is 5.17.